The van der Waals surface area contributed by atoms with E-state index in [1.54, 1.807) is 6.26 Å². The molecule has 1 aliphatic rings. The summed E-state index contributed by atoms with van der Waals surface area (Å²) in [7, 11) is 0. The van der Waals surface area contributed by atoms with Gasteiger partial charge in [-0.15, -0.1) is 11.3 Å². The molecule has 1 saturated heterocycles. The lowest BCUT2D eigenvalue weighted by atomic mass is 9.90. The van der Waals surface area contributed by atoms with E-state index in [9.17, 15) is 4.79 Å². The fraction of sp³-hybridized carbons (Fsp3) is 0.300. The molecule has 1 aliphatic heterocycles. The molecule has 4 nitrogen and oxygen atoms in total. The molecule has 1 aromatic carbocycles. The second kappa shape index (κ2) is 7.23. The Morgan fingerprint density at radius 1 is 1.16 bits per heavy atom. The van der Waals surface area contributed by atoms with Gasteiger partial charge in [-0.1, -0.05) is 30.3 Å². The molecule has 2 aromatic heterocycles. The normalized spacial score (nSPS) is 15.4. The zero-order valence-corrected chi connectivity index (χ0v) is 14.7. The van der Waals surface area contributed by atoms with Crippen LogP contribution in [0.15, 0.2) is 58.5 Å². The van der Waals surface area contributed by atoms with Crippen molar-refractivity contribution in [3.63, 3.8) is 0 Å². The van der Waals surface area contributed by atoms with Crippen LogP contribution >= 0.6 is 11.3 Å². The van der Waals surface area contributed by atoms with Crippen molar-refractivity contribution in [2.75, 3.05) is 13.1 Å². The fourth-order valence-electron chi connectivity index (χ4n) is 3.33. The van der Waals surface area contributed by atoms with Crippen LogP contribution in [0, 0.1) is 5.92 Å². The van der Waals surface area contributed by atoms with Gasteiger partial charge in [-0.05, 0) is 42.9 Å². The topological polar surface area (TPSA) is 46.3 Å². The summed E-state index contributed by atoms with van der Waals surface area (Å²) < 4.78 is 5.35. The number of aromatic nitrogens is 1. The van der Waals surface area contributed by atoms with Crippen LogP contribution in [-0.2, 0) is 6.42 Å². The van der Waals surface area contributed by atoms with E-state index in [0.717, 1.165) is 37.4 Å². The van der Waals surface area contributed by atoms with Crippen molar-refractivity contribution in [2.24, 2.45) is 5.92 Å². The SMILES string of the molecule is O=C(c1csc(-c2ccco2)n1)N1CCC(Cc2ccccc2)CC1. The molecule has 0 N–H and O–H groups in total. The van der Waals surface area contributed by atoms with E-state index >= 15 is 0 Å². The predicted molar refractivity (Wildman–Crippen MR) is 98.6 cm³/mol. The van der Waals surface area contributed by atoms with Gasteiger partial charge in [-0.25, -0.2) is 4.98 Å². The van der Waals surface area contributed by atoms with Gasteiger partial charge in [-0.3, -0.25) is 4.79 Å². The maximum Gasteiger partial charge on any atom is 0.273 e. The highest BCUT2D eigenvalue weighted by Gasteiger charge is 2.25. The first kappa shape index (κ1) is 16.1. The first-order valence-corrected chi connectivity index (χ1v) is 9.50. The van der Waals surface area contributed by atoms with Crippen LogP contribution in [0.1, 0.15) is 28.9 Å². The van der Waals surface area contributed by atoms with Crippen molar-refractivity contribution in [2.45, 2.75) is 19.3 Å². The molecule has 0 spiro atoms. The van der Waals surface area contributed by atoms with Crippen molar-refractivity contribution < 1.29 is 9.21 Å². The Hall–Kier alpha value is -2.40. The minimum atomic E-state index is 0.0345. The average molecular weight is 352 g/mol. The standard InChI is InChI=1S/C20H20N2O2S/c23-20(17-14-25-19(21-17)18-7-4-12-24-18)22-10-8-16(9-11-22)13-15-5-2-1-3-6-15/h1-7,12,14,16H,8-11,13H2. The summed E-state index contributed by atoms with van der Waals surface area (Å²) in [5, 5.41) is 2.59. The van der Waals surface area contributed by atoms with E-state index < -0.39 is 0 Å². The predicted octanol–water partition coefficient (Wildman–Crippen LogP) is 4.50. The van der Waals surface area contributed by atoms with Gasteiger partial charge in [0.05, 0.1) is 6.26 Å². The van der Waals surface area contributed by atoms with Crippen LogP contribution in [0.5, 0.6) is 0 Å². The Balaban J connectivity index is 1.35. The molecule has 128 valence electrons. The van der Waals surface area contributed by atoms with Crippen molar-refractivity contribution in [1.82, 2.24) is 9.88 Å². The van der Waals surface area contributed by atoms with Gasteiger partial charge in [0.25, 0.3) is 5.91 Å². The quantitative estimate of drug-likeness (QED) is 0.694. The zero-order valence-electron chi connectivity index (χ0n) is 13.9. The molecule has 0 atom stereocenters. The van der Waals surface area contributed by atoms with Crippen LogP contribution < -0.4 is 0 Å². The molecule has 25 heavy (non-hydrogen) atoms. The van der Waals surface area contributed by atoms with Crippen LogP contribution in [0.2, 0.25) is 0 Å². The number of hydrogen-bond acceptors (Lipinski definition) is 4. The summed E-state index contributed by atoms with van der Waals surface area (Å²) in [5.74, 6) is 1.40. The molecule has 0 bridgehead atoms. The van der Waals surface area contributed by atoms with E-state index in [4.69, 9.17) is 4.42 Å². The average Bonchev–Trinajstić information content (AvgIpc) is 3.34. The molecule has 5 heteroatoms. The van der Waals surface area contributed by atoms with E-state index in [1.807, 2.05) is 22.4 Å². The molecular weight excluding hydrogens is 332 g/mol. The van der Waals surface area contributed by atoms with Gasteiger partial charge < -0.3 is 9.32 Å². The molecule has 0 aliphatic carbocycles. The van der Waals surface area contributed by atoms with Crippen molar-refractivity contribution in [1.29, 1.82) is 0 Å². The molecule has 0 saturated carbocycles. The molecule has 3 heterocycles. The molecule has 4 rings (SSSR count). The number of benzene rings is 1. The number of piperidine rings is 1. The van der Waals surface area contributed by atoms with Crippen molar-refractivity contribution in [3.05, 3.63) is 65.4 Å². The van der Waals surface area contributed by atoms with Crippen LogP contribution in [0.3, 0.4) is 0 Å². The first-order chi connectivity index (χ1) is 12.3. The third-order valence-electron chi connectivity index (χ3n) is 4.72. The monoisotopic (exact) mass is 352 g/mol. The Bertz CT molecular complexity index is 819. The summed E-state index contributed by atoms with van der Waals surface area (Å²) >= 11 is 1.45. The third kappa shape index (κ3) is 3.66. The summed E-state index contributed by atoms with van der Waals surface area (Å²) in [6.45, 7) is 1.62. The Morgan fingerprint density at radius 3 is 2.68 bits per heavy atom. The number of hydrogen-bond donors (Lipinski definition) is 0. The third-order valence-corrected chi connectivity index (χ3v) is 5.58. The number of carbonyl (C=O) groups excluding carboxylic acids is 1. The van der Waals surface area contributed by atoms with Gasteiger partial charge >= 0.3 is 0 Å². The van der Waals surface area contributed by atoms with Crippen LogP contribution in [0.25, 0.3) is 10.8 Å². The van der Waals surface area contributed by atoms with Gasteiger partial charge in [0, 0.05) is 18.5 Å². The van der Waals surface area contributed by atoms with E-state index in [0.29, 0.717) is 17.4 Å². The Morgan fingerprint density at radius 2 is 1.96 bits per heavy atom. The number of furan rings is 1. The van der Waals surface area contributed by atoms with Crippen LogP contribution in [0.4, 0.5) is 0 Å². The lowest BCUT2D eigenvalue weighted by Gasteiger charge is -2.31. The number of thiazole rings is 1. The van der Waals surface area contributed by atoms with Gasteiger partial charge in [-0.2, -0.15) is 0 Å². The molecule has 0 radical (unpaired) electrons. The maximum atomic E-state index is 12.7. The first-order valence-electron chi connectivity index (χ1n) is 8.62. The number of nitrogens with zero attached hydrogens (tertiary/aromatic N) is 2. The van der Waals surface area contributed by atoms with Crippen molar-refractivity contribution >= 4 is 17.2 Å². The molecular formula is C20H20N2O2S. The summed E-state index contributed by atoms with van der Waals surface area (Å²) in [5.41, 5.74) is 1.91. The fourth-order valence-corrected chi connectivity index (χ4v) is 4.10. The molecule has 1 amide bonds. The summed E-state index contributed by atoms with van der Waals surface area (Å²) in [6, 6.07) is 14.3. The maximum absolute atomic E-state index is 12.7. The smallest absolute Gasteiger partial charge is 0.273 e. The Labute approximate surface area is 151 Å². The molecule has 3 aromatic rings. The van der Waals surface area contributed by atoms with Crippen LogP contribution in [-0.4, -0.2) is 28.9 Å². The minimum Gasteiger partial charge on any atom is -0.462 e. The second-order valence-electron chi connectivity index (χ2n) is 6.44. The van der Waals surface area contributed by atoms with E-state index in [-0.39, 0.29) is 5.91 Å². The highest BCUT2D eigenvalue weighted by atomic mass is 32.1. The summed E-state index contributed by atoms with van der Waals surface area (Å²) in [4.78, 5) is 19.1. The minimum absolute atomic E-state index is 0.0345. The number of rotatable bonds is 4. The Kier molecular flexibility index (Phi) is 4.65. The van der Waals surface area contributed by atoms with Gasteiger partial charge in [0.15, 0.2) is 10.8 Å². The lowest BCUT2D eigenvalue weighted by Crippen LogP contribution is -2.39. The number of amides is 1. The molecule has 1 fully saturated rings. The van der Waals surface area contributed by atoms with E-state index in [1.165, 1.54) is 16.9 Å². The van der Waals surface area contributed by atoms with Gasteiger partial charge in [0.1, 0.15) is 5.69 Å². The second-order valence-corrected chi connectivity index (χ2v) is 7.30. The van der Waals surface area contributed by atoms with Gasteiger partial charge in [0.2, 0.25) is 0 Å². The largest absolute Gasteiger partial charge is 0.462 e. The highest BCUT2D eigenvalue weighted by Crippen LogP contribution is 2.26. The van der Waals surface area contributed by atoms with Crippen molar-refractivity contribution in [3.8, 4) is 10.8 Å². The van der Waals surface area contributed by atoms with E-state index in [2.05, 4.69) is 35.3 Å². The summed E-state index contributed by atoms with van der Waals surface area (Å²) in [6.07, 6.45) is 4.82. The lowest BCUT2D eigenvalue weighted by molar-refractivity contribution is 0.0685. The highest BCUT2D eigenvalue weighted by molar-refractivity contribution is 7.13. The zero-order chi connectivity index (χ0) is 17.1. The molecule has 0 unspecified atom stereocenters. The number of likely N-dealkylation sites (tertiary alicyclic amines) is 1. The number of carbonyl (C=O) groups is 1.